The molecule has 0 spiro atoms. The van der Waals surface area contributed by atoms with Crippen molar-refractivity contribution in [3.05, 3.63) is 53.2 Å². The lowest BCUT2D eigenvalue weighted by atomic mass is 10.1. The molecule has 1 aliphatic carbocycles. The van der Waals surface area contributed by atoms with Crippen molar-refractivity contribution in [1.82, 2.24) is 4.98 Å². The van der Waals surface area contributed by atoms with Crippen molar-refractivity contribution in [2.45, 2.75) is 12.8 Å². The molecule has 5 heteroatoms. The molecule has 2 aromatic rings. The van der Waals surface area contributed by atoms with E-state index in [0.29, 0.717) is 23.6 Å². The van der Waals surface area contributed by atoms with Crippen LogP contribution < -0.4 is 10.5 Å². The Morgan fingerprint density at radius 1 is 1.20 bits per heavy atom. The third kappa shape index (κ3) is 2.25. The highest BCUT2D eigenvalue weighted by atomic mass is 16.5. The van der Waals surface area contributed by atoms with Crippen molar-refractivity contribution in [2.24, 2.45) is 5.73 Å². The minimum absolute atomic E-state index is 0.141. The van der Waals surface area contributed by atoms with Gasteiger partial charge < -0.3 is 10.5 Å². The number of aromatic nitrogens is 1. The predicted molar refractivity (Wildman–Crippen MR) is 71.9 cm³/mol. The zero-order chi connectivity index (χ0) is 14.1. The number of amides is 1. The van der Waals surface area contributed by atoms with E-state index in [1.165, 1.54) is 6.20 Å². The van der Waals surface area contributed by atoms with Crippen LogP contribution in [0.25, 0.3) is 0 Å². The Bertz CT molecular complexity index is 693. The second-order valence-electron chi connectivity index (χ2n) is 4.59. The average molecular weight is 268 g/mol. The summed E-state index contributed by atoms with van der Waals surface area (Å²) in [4.78, 5) is 26.6. The number of hydrogen-bond acceptors (Lipinski definition) is 4. The summed E-state index contributed by atoms with van der Waals surface area (Å²) in [6.45, 7) is 0. The zero-order valence-corrected chi connectivity index (χ0v) is 10.6. The van der Waals surface area contributed by atoms with Gasteiger partial charge in [0.15, 0.2) is 5.78 Å². The normalized spacial score (nSPS) is 13.1. The Hall–Kier alpha value is -2.69. The Morgan fingerprint density at radius 3 is 2.75 bits per heavy atom. The van der Waals surface area contributed by atoms with E-state index >= 15 is 0 Å². The SMILES string of the molecule is NC(=O)c1ccc(Oc2ccc3c(c2)C(=O)CC3)nc1. The van der Waals surface area contributed by atoms with E-state index in [1.807, 2.05) is 6.07 Å². The van der Waals surface area contributed by atoms with Gasteiger partial charge in [0, 0.05) is 24.2 Å². The number of hydrogen-bond donors (Lipinski definition) is 1. The third-order valence-corrected chi connectivity index (χ3v) is 3.25. The molecule has 3 rings (SSSR count). The Balaban J connectivity index is 1.83. The van der Waals surface area contributed by atoms with Crippen LogP contribution in [0.3, 0.4) is 0 Å². The quantitative estimate of drug-likeness (QED) is 0.924. The lowest BCUT2D eigenvalue weighted by Crippen LogP contribution is -2.10. The number of ether oxygens (including phenoxy) is 1. The fourth-order valence-electron chi connectivity index (χ4n) is 2.19. The lowest BCUT2D eigenvalue weighted by Gasteiger charge is -2.06. The fourth-order valence-corrected chi connectivity index (χ4v) is 2.19. The summed E-state index contributed by atoms with van der Waals surface area (Å²) in [5, 5.41) is 0. The van der Waals surface area contributed by atoms with Crippen molar-refractivity contribution >= 4 is 11.7 Å². The molecular formula is C15H12N2O3. The number of pyridine rings is 1. The van der Waals surface area contributed by atoms with Gasteiger partial charge in [0.2, 0.25) is 11.8 Å². The van der Waals surface area contributed by atoms with E-state index in [1.54, 1.807) is 24.3 Å². The fraction of sp³-hybridized carbons (Fsp3) is 0.133. The first-order valence-corrected chi connectivity index (χ1v) is 6.23. The molecule has 20 heavy (non-hydrogen) atoms. The molecule has 0 unspecified atom stereocenters. The van der Waals surface area contributed by atoms with Crippen molar-refractivity contribution in [3.8, 4) is 11.6 Å². The molecule has 5 nitrogen and oxygen atoms in total. The van der Waals surface area contributed by atoms with Gasteiger partial charge in [-0.25, -0.2) is 4.98 Å². The highest BCUT2D eigenvalue weighted by molar-refractivity contribution is 6.00. The summed E-state index contributed by atoms with van der Waals surface area (Å²) in [5.41, 5.74) is 7.23. The molecule has 1 heterocycles. The second-order valence-corrected chi connectivity index (χ2v) is 4.59. The topological polar surface area (TPSA) is 82.3 Å². The first-order valence-electron chi connectivity index (χ1n) is 6.23. The maximum atomic E-state index is 11.7. The minimum Gasteiger partial charge on any atom is -0.439 e. The monoisotopic (exact) mass is 268 g/mol. The van der Waals surface area contributed by atoms with E-state index in [0.717, 1.165) is 17.5 Å². The molecule has 1 aliphatic rings. The number of carbonyl (C=O) groups is 2. The summed E-state index contributed by atoms with van der Waals surface area (Å²) in [6.07, 6.45) is 2.71. The van der Waals surface area contributed by atoms with Gasteiger partial charge in [-0.05, 0) is 30.2 Å². The summed E-state index contributed by atoms with van der Waals surface area (Å²) in [5.74, 6) is 0.508. The number of primary amides is 1. The van der Waals surface area contributed by atoms with Gasteiger partial charge in [-0.3, -0.25) is 9.59 Å². The van der Waals surface area contributed by atoms with Crippen molar-refractivity contribution in [1.29, 1.82) is 0 Å². The second kappa shape index (κ2) is 4.77. The molecule has 1 aromatic heterocycles. The number of nitrogens with zero attached hydrogens (tertiary/aromatic N) is 1. The Kier molecular flexibility index (Phi) is 2.95. The number of rotatable bonds is 3. The van der Waals surface area contributed by atoms with Gasteiger partial charge in [-0.2, -0.15) is 0 Å². The van der Waals surface area contributed by atoms with Gasteiger partial charge in [-0.15, -0.1) is 0 Å². The molecular weight excluding hydrogens is 256 g/mol. The van der Waals surface area contributed by atoms with Gasteiger partial charge in [0.25, 0.3) is 0 Å². The number of nitrogens with two attached hydrogens (primary N) is 1. The molecule has 2 N–H and O–H groups in total. The highest BCUT2D eigenvalue weighted by Crippen LogP contribution is 2.28. The summed E-state index contributed by atoms with van der Waals surface area (Å²) >= 11 is 0. The maximum Gasteiger partial charge on any atom is 0.250 e. The maximum absolute atomic E-state index is 11.7. The van der Waals surface area contributed by atoms with Gasteiger partial charge in [0.1, 0.15) is 5.75 Å². The first-order chi connectivity index (χ1) is 9.63. The molecule has 0 bridgehead atoms. The molecule has 1 aromatic carbocycles. The van der Waals surface area contributed by atoms with Crippen LogP contribution in [0, 0.1) is 0 Å². The first kappa shape index (κ1) is 12.3. The number of carbonyl (C=O) groups excluding carboxylic acids is 2. The van der Waals surface area contributed by atoms with E-state index in [4.69, 9.17) is 10.5 Å². The molecule has 1 amide bonds. The van der Waals surface area contributed by atoms with Crippen LogP contribution in [0.15, 0.2) is 36.5 Å². The number of benzene rings is 1. The molecule has 0 radical (unpaired) electrons. The summed E-state index contributed by atoms with van der Waals surface area (Å²) < 4.78 is 5.57. The number of aryl methyl sites for hydroxylation is 1. The van der Waals surface area contributed by atoms with E-state index in [2.05, 4.69) is 4.98 Å². The smallest absolute Gasteiger partial charge is 0.250 e. The van der Waals surface area contributed by atoms with Crippen LogP contribution >= 0.6 is 0 Å². The van der Waals surface area contributed by atoms with Crippen LogP contribution in [-0.2, 0) is 6.42 Å². The van der Waals surface area contributed by atoms with E-state index in [9.17, 15) is 9.59 Å². The minimum atomic E-state index is -0.535. The van der Waals surface area contributed by atoms with Crippen LogP contribution in [0.4, 0.5) is 0 Å². The third-order valence-electron chi connectivity index (χ3n) is 3.25. The van der Waals surface area contributed by atoms with Crippen LogP contribution in [-0.4, -0.2) is 16.7 Å². The van der Waals surface area contributed by atoms with Gasteiger partial charge in [0.05, 0.1) is 5.56 Å². The van der Waals surface area contributed by atoms with Crippen molar-refractivity contribution < 1.29 is 14.3 Å². The molecule has 0 atom stereocenters. The van der Waals surface area contributed by atoms with Gasteiger partial charge >= 0.3 is 0 Å². The highest BCUT2D eigenvalue weighted by Gasteiger charge is 2.19. The van der Waals surface area contributed by atoms with Crippen molar-refractivity contribution in [2.75, 3.05) is 0 Å². The van der Waals surface area contributed by atoms with Crippen LogP contribution in [0.2, 0.25) is 0 Å². The van der Waals surface area contributed by atoms with Crippen LogP contribution in [0.5, 0.6) is 11.6 Å². The Labute approximate surface area is 115 Å². The summed E-state index contributed by atoms with van der Waals surface area (Å²) in [7, 11) is 0. The Morgan fingerprint density at radius 2 is 2.05 bits per heavy atom. The van der Waals surface area contributed by atoms with Crippen molar-refractivity contribution in [3.63, 3.8) is 0 Å². The molecule has 0 fully saturated rings. The van der Waals surface area contributed by atoms with E-state index < -0.39 is 5.91 Å². The molecule has 0 saturated carbocycles. The molecule has 100 valence electrons. The standard InChI is InChI=1S/C15H12N2O3/c16-15(19)10-3-6-14(17-8-10)20-11-4-1-9-2-5-13(18)12(9)7-11/h1,3-4,6-8H,2,5H2,(H2,16,19). The lowest BCUT2D eigenvalue weighted by molar-refractivity contribution is 0.0988. The molecule has 0 saturated heterocycles. The summed E-state index contributed by atoms with van der Waals surface area (Å²) in [6, 6.07) is 8.54. The largest absolute Gasteiger partial charge is 0.439 e. The zero-order valence-electron chi connectivity index (χ0n) is 10.6. The average Bonchev–Trinajstić information content (AvgIpc) is 2.81. The number of Topliss-reactive ketones (excluding diaryl/α,β-unsaturated/α-hetero) is 1. The van der Waals surface area contributed by atoms with Gasteiger partial charge in [-0.1, -0.05) is 6.07 Å². The van der Waals surface area contributed by atoms with Crippen LogP contribution in [0.1, 0.15) is 32.7 Å². The number of ketones is 1. The van der Waals surface area contributed by atoms with E-state index in [-0.39, 0.29) is 5.78 Å². The molecule has 0 aliphatic heterocycles. The predicted octanol–water partition coefficient (Wildman–Crippen LogP) is 2.10. The number of fused-ring (bicyclic) bond motifs is 1.